The molecule has 0 unspecified atom stereocenters. The molecular formula is C19H18F3N9O3. The van der Waals surface area contributed by atoms with Gasteiger partial charge in [-0.05, 0) is 12.8 Å². The average molecular weight is 477 g/mol. The smallest absolute Gasteiger partial charge is 0.387 e. The monoisotopic (exact) mass is 477 g/mol. The van der Waals surface area contributed by atoms with Gasteiger partial charge in [0.2, 0.25) is 0 Å². The molecule has 4 rings (SSSR count). The van der Waals surface area contributed by atoms with Crippen LogP contribution >= 0.6 is 0 Å². The van der Waals surface area contributed by atoms with Crippen LogP contribution in [0.5, 0.6) is 5.88 Å². The van der Waals surface area contributed by atoms with Crippen molar-refractivity contribution in [3.05, 3.63) is 42.5 Å². The number of aromatic nitrogens is 6. The molecule has 15 heteroatoms. The van der Waals surface area contributed by atoms with Crippen molar-refractivity contribution in [2.24, 2.45) is 0 Å². The summed E-state index contributed by atoms with van der Waals surface area (Å²) in [6.07, 6.45) is 2.86. The van der Waals surface area contributed by atoms with Crippen LogP contribution in [-0.2, 0) is 6.54 Å². The maximum atomic E-state index is 12.8. The second-order valence-corrected chi connectivity index (χ2v) is 7.25. The number of rotatable bonds is 7. The third-order valence-corrected chi connectivity index (χ3v) is 4.61. The highest BCUT2D eigenvalue weighted by Crippen LogP contribution is 2.40. The van der Waals surface area contributed by atoms with Gasteiger partial charge in [0, 0.05) is 13.0 Å². The summed E-state index contributed by atoms with van der Waals surface area (Å²) in [5.74, 6) is -0.755. The first-order chi connectivity index (χ1) is 16.2. The number of amides is 2. The van der Waals surface area contributed by atoms with Gasteiger partial charge < -0.3 is 15.4 Å². The minimum absolute atomic E-state index is 0.0913. The highest BCUT2D eigenvalue weighted by Gasteiger charge is 2.32. The summed E-state index contributed by atoms with van der Waals surface area (Å²) in [6.45, 7) is -1.52. The van der Waals surface area contributed by atoms with Gasteiger partial charge in [0.1, 0.15) is 18.6 Å². The molecular weight excluding hydrogens is 459 g/mol. The van der Waals surface area contributed by atoms with Gasteiger partial charge in [0.05, 0.1) is 41.9 Å². The summed E-state index contributed by atoms with van der Waals surface area (Å²) in [5.41, 5.74) is 0.318. The second kappa shape index (κ2) is 9.29. The third-order valence-electron chi connectivity index (χ3n) is 4.61. The van der Waals surface area contributed by atoms with E-state index in [0.29, 0.717) is 16.1 Å². The van der Waals surface area contributed by atoms with E-state index in [4.69, 9.17) is 4.74 Å². The number of carbonyl (C=O) groups excluding carboxylic acids is 2. The van der Waals surface area contributed by atoms with Crippen LogP contribution in [0.3, 0.4) is 0 Å². The van der Waals surface area contributed by atoms with Gasteiger partial charge in [-0.25, -0.2) is 29.4 Å². The van der Waals surface area contributed by atoms with Gasteiger partial charge in [0.25, 0.3) is 11.8 Å². The lowest BCUT2D eigenvalue weighted by molar-refractivity contribution is -0.142. The number of carbonyl (C=O) groups is 2. The fourth-order valence-electron chi connectivity index (χ4n) is 2.97. The van der Waals surface area contributed by atoms with E-state index in [1.807, 2.05) is 0 Å². The Morgan fingerprint density at radius 1 is 1.18 bits per heavy atom. The fraction of sp³-hybridized carbons (Fsp3) is 0.316. The molecule has 0 aliphatic heterocycles. The van der Waals surface area contributed by atoms with Crippen molar-refractivity contribution in [3.63, 3.8) is 0 Å². The minimum Gasteiger partial charge on any atom is -0.387 e. The van der Waals surface area contributed by atoms with Crippen molar-refractivity contribution < 1.29 is 27.5 Å². The van der Waals surface area contributed by atoms with Crippen LogP contribution < -0.4 is 20.7 Å². The van der Waals surface area contributed by atoms with Crippen LogP contribution in [0.25, 0.3) is 0 Å². The number of nitrogens with zero attached hydrogens (tertiary/aromatic N) is 6. The van der Waals surface area contributed by atoms with Crippen LogP contribution in [0.15, 0.2) is 31.1 Å². The van der Waals surface area contributed by atoms with E-state index in [-0.39, 0.29) is 23.3 Å². The number of hydrogen-bond acceptors (Lipinski definition) is 9. The number of alkyl halides is 3. The molecule has 0 spiro atoms. The molecule has 0 saturated heterocycles. The van der Waals surface area contributed by atoms with Crippen LogP contribution in [0.4, 0.5) is 35.2 Å². The molecule has 34 heavy (non-hydrogen) atoms. The molecule has 1 aliphatic rings. The van der Waals surface area contributed by atoms with Crippen LogP contribution in [-0.4, -0.2) is 54.9 Å². The van der Waals surface area contributed by atoms with Gasteiger partial charge in [-0.2, -0.15) is 18.3 Å². The lowest BCUT2D eigenvalue weighted by Crippen LogP contribution is -2.28. The highest BCUT2D eigenvalue weighted by atomic mass is 19.4. The lowest BCUT2D eigenvalue weighted by atomic mass is 10.3. The molecule has 3 aromatic heterocycles. The summed E-state index contributed by atoms with van der Waals surface area (Å²) in [7, 11) is 1.24. The molecule has 0 bridgehead atoms. The molecule has 1 saturated carbocycles. The maximum absolute atomic E-state index is 12.8. The van der Waals surface area contributed by atoms with Crippen molar-refractivity contribution in [2.75, 3.05) is 17.7 Å². The summed E-state index contributed by atoms with van der Waals surface area (Å²) in [5, 5.41) is 10.9. The molecule has 1 fully saturated rings. The Kier molecular flexibility index (Phi) is 6.25. The zero-order chi connectivity index (χ0) is 24.3. The molecule has 178 valence electrons. The first-order valence-corrected chi connectivity index (χ1v) is 9.96. The van der Waals surface area contributed by atoms with Gasteiger partial charge in [-0.15, -0.1) is 0 Å². The zero-order valence-electron chi connectivity index (χ0n) is 17.6. The quantitative estimate of drug-likeness (QED) is 0.467. The van der Waals surface area contributed by atoms with Gasteiger partial charge in [0.15, 0.2) is 5.82 Å². The predicted molar refractivity (Wildman–Crippen MR) is 111 cm³/mol. The number of nitrogens with one attached hydrogen (secondary N) is 3. The van der Waals surface area contributed by atoms with Gasteiger partial charge in [-0.1, -0.05) is 0 Å². The topological polar surface area (TPSA) is 149 Å². The molecule has 1 aliphatic carbocycles. The third kappa shape index (κ3) is 5.54. The lowest BCUT2D eigenvalue weighted by Gasteiger charge is -2.13. The largest absolute Gasteiger partial charge is 0.418 e. The van der Waals surface area contributed by atoms with E-state index >= 15 is 0 Å². The molecule has 0 radical (unpaired) electrons. The van der Waals surface area contributed by atoms with E-state index in [9.17, 15) is 22.8 Å². The molecule has 0 aromatic carbocycles. The Balaban J connectivity index is 1.57. The van der Waals surface area contributed by atoms with Crippen molar-refractivity contribution >= 4 is 29.2 Å². The summed E-state index contributed by atoms with van der Waals surface area (Å²) >= 11 is 0. The van der Waals surface area contributed by atoms with Gasteiger partial charge in [-0.3, -0.25) is 10.1 Å². The first kappa shape index (κ1) is 22.9. The Morgan fingerprint density at radius 3 is 2.56 bits per heavy atom. The van der Waals surface area contributed by atoms with E-state index in [1.54, 1.807) is 6.20 Å². The van der Waals surface area contributed by atoms with Gasteiger partial charge >= 0.3 is 12.3 Å². The second-order valence-electron chi connectivity index (χ2n) is 7.25. The number of ether oxygens (including phenoxy) is 1. The Morgan fingerprint density at radius 2 is 1.91 bits per heavy atom. The summed E-state index contributed by atoms with van der Waals surface area (Å²) < 4.78 is 44.3. The molecule has 12 nitrogen and oxygen atoms in total. The van der Waals surface area contributed by atoms with Crippen LogP contribution in [0.2, 0.25) is 0 Å². The highest BCUT2D eigenvalue weighted by molar-refractivity contribution is 6.01. The maximum Gasteiger partial charge on any atom is 0.418 e. The first-order valence-electron chi connectivity index (χ1n) is 9.96. The minimum atomic E-state index is -4.63. The molecule has 3 aromatic rings. The SMILES string of the molecule is CNC(=O)c1c(NC(=O)Oc2nc(C3CC3)cnc2Nc2cncnc2)cnn1CC(F)(F)F. The fourth-order valence-corrected chi connectivity index (χ4v) is 2.97. The Bertz CT molecular complexity index is 1200. The summed E-state index contributed by atoms with van der Waals surface area (Å²) in [4.78, 5) is 41.1. The van der Waals surface area contributed by atoms with Crippen LogP contribution in [0, 0.1) is 0 Å². The van der Waals surface area contributed by atoms with Crippen molar-refractivity contribution in [3.8, 4) is 5.88 Å². The van der Waals surface area contributed by atoms with E-state index in [1.165, 1.54) is 25.8 Å². The van der Waals surface area contributed by atoms with E-state index in [2.05, 4.69) is 41.0 Å². The number of anilines is 3. The van der Waals surface area contributed by atoms with Crippen LogP contribution in [0.1, 0.15) is 34.9 Å². The number of halogens is 3. The van der Waals surface area contributed by atoms with Crippen molar-refractivity contribution in [2.45, 2.75) is 31.5 Å². The average Bonchev–Trinajstić information content (AvgIpc) is 3.57. The van der Waals surface area contributed by atoms with E-state index < -0.39 is 30.4 Å². The van der Waals surface area contributed by atoms with Crippen molar-refractivity contribution in [1.29, 1.82) is 0 Å². The molecule has 3 heterocycles. The molecule has 2 amide bonds. The predicted octanol–water partition coefficient (Wildman–Crippen LogP) is 2.62. The number of hydrogen-bond donors (Lipinski definition) is 3. The normalized spacial score (nSPS) is 13.3. The molecule has 0 atom stereocenters. The Hall–Kier alpha value is -4.30. The van der Waals surface area contributed by atoms with Crippen molar-refractivity contribution in [1.82, 2.24) is 35.0 Å². The summed E-state index contributed by atoms with van der Waals surface area (Å²) in [6, 6.07) is 0. The standard InChI is InChI=1S/C19H18F3N9O3/c1-23-16(32)14-13(7-27-31(14)8-19(20,21)22)30-18(33)34-17-15(28-11-4-24-9-25-5-11)26-6-12(29-17)10-2-3-10/h4-7,9-10H,2-3,8H2,1H3,(H,23,32)(H,26,28)(H,30,33). The Labute approximate surface area is 190 Å². The van der Waals surface area contributed by atoms with E-state index in [0.717, 1.165) is 19.0 Å². The zero-order valence-corrected chi connectivity index (χ0v) is 17.6. The molecule has 3 N–H and O–H groups in total.